The number of nitrogens with one attached hydrogen (secondary N) is 1. The van der Waals surface area contributed by atoms with Gasteiger partial charge in [-0.15, -0.1) is 0 Å². The molecule has 1 atom stereocenters. The summed E-state index contributed by atoms with van der Waals surface area (Å²) in [5.41, 5.74) is 2.14. The van der Waals surface area contributed by atoms with Crippen LogP contribution in [-0.2, 0) is 6.54 Å². The molecule has 2 aromatic rings. The molecule has 0 aliphatic carbocycles. The molecule has 0 radical (unpaired) electrons. The largest absolute Gasteiger partial charge is 0.304 e. The van der Waals surface area contributed by atoms with E-state index in [4.69, 9.17) is 0 Å². The van der Waals surface area contributed by atoms with Crippen LogP contribution < -0.4 is 5.32 Å². The molecule has 6 heteroatoms. The minimum Gasteiger partial charge on any atom is -0.304 e. The molecule has 2 heterocycles. The SMILES string of the molecule is CCCNC(c1cnsn1)c1ccnn1CCC. The van der Waals surface area contributed by atoms with E-state index in [-0.39, 0.29) is 6.04 Å². The van der Waals surface area contributed by atoms with Gasteiger partial charge in [0.25, 0.3) is 0 Å². The molecular weight excluding hydrogens is 246 g/mol. The number of hydrogen-bond donors (Lipinski definition) is 1. The molecule has 0 spiro atoms. The first kappa shape index (κ1) is 13.2. The Bertz CT molecular complexity index is 451. The maximum Gasteiger partial charge on any atom is 0.0973 e. The van der Waals surface area contributed by atoms with Crippen molar-refractivity contribution in [2.75, 3.05) is 6.54 Å². The number of hydrogen-bond acceptors (Lipinski definition) is 5. The van der Waals surface area contributed by atoms with Gasteiger partial charge in [0, 0.05) is 12.7 Å². The molecule has 0 aromatic carbocycles. The predicted molar refractivity (Wildman–Crippen MR) is 72.6 cm³/mol. The van der Waals surface area contributed by atoms with Crippen LogP contribution in [0.1, 0.15) is 44.1 Å². The fraction of sp³-hybridized carbons (Fsp3) is 0.583. The van der Waals surface area contributed by atoms with Crippen molar-refractivity contribution in [1.29, 1.82) is 0 Å². The Kier molecular flexibility index (Phi) is 4.83. The standard InChI is InChI=1S/C12H19N5S/c1-3-6-13-12(10-9-15-18-16-10)11-5-7-14-17(11)8-4-2/h5,7,9,12-13H,3-4,6,8H2,1-2H3. The first-order valence-electron chi connectivity index (χ1n) is 6.39. The van der Waals surface area contributed by atoms with Crippen molar-refractivity contribution in [3.63, 3.8) is 0 Å². The highest BCUT2D eigenvalue weighted by atomic mass is 32.1. The second kappa shape index (κ2) is 6.61. The van der Waals surface area contributed by atoms with Crippen molar-refractivity contribution in [3.05, 3.63) is 29.8 Å². The van der Waals surface area contributed by atoms with Crippen LogP contribution in [0.15, 0.2) is 18.5 Å². The summed E-state index contributed by atoms with van der Waals surface area (Å²) in [6.45, 7) is 6.21. The topological polar surface area (TPSA) is 55.6 Å². The van der Waals surface area contributed by atoms with E-state index >= 15 is 0 Å². The Morgan fingerprint density at radius 3 is 2.94 bits per heavy atom. The Balaban J connectivity index is 2.24. The third-order valence-corrected chi connectivity index (χ3v) is 3.25. The van der Waals surface area contributed by atoms with E-state index in [0.717, 1.165) is 37.3 Å². The van der Waals surface area contributed by atoms with Crippen LogP contribution in [0.4, 0.5) is 0 Å². The Hall–Kier alpha value is -1.27. The average Bonchev–Trinajstić information content (AvgIpc) is 3.02. The molecule has 0 aliphatic rings. The summed E-state index contributed by atoms with van der Waals surface area (Å²) in [4.78, 5) is 0. The fourth-order valence-corrected chi connectivity index (χ4v) is 2.38. The molecule has 0 saturated heterocycles. The molecular formula is C12H19N5S. The molecule has 1 unspecified atom stereocenters. The first-order valence-corrected chi connectivity index (χ1v) is 7.12. The van der Waals surface area contributed by atoms with Gasteiger partial charge in [0.05, 0.1) is 35.4 Å². The highest BCUT2D eigenvalue weighted by molar-refractivity contribution is 6.99. The summed E-state index contributed by atoms with van der Waals surface area (Å²) in [7, 11) is 0. The molecule has 2 aromatic heterocycles. The maximum absolute atomic E-state index is 4.38. The van der Waals surface area contributed by atoms with E-state index in [9.17, 15) is 0 Å². The lowest BCUT2D eigenvalue weighted by molar-refractivity contribution is 0.507. The molecule has 18 heavy (non-hydrogen) atoms. The molecule has 5 nitrogen and oxygen atoms in total. The van der Waals surface area contributed by atoms with Crippen molar-refractivity contribution in [3.8, 4) is 0 Å². The minimum atomic E-state index is 0.0951. The number of rotatable bonds is 7. The third kappa shape index (κ3) is 2.94. The first-order chi connectivity index (χ1) is 8.86. The minimum absolute atomic E-state index is 0.0951. The van der Waals surface area contributed by atoms with E-state index in [1.807, 2.05) is 17.1 Å². The Morgan fingerprint density at radius 1 is 1.39 bits per heavy atom. The van der Waals surface area contributed by atoms with Crippen molar-refractivity contribution < 1.29 is 0 Å². The Labute approximate surface area is 112 Å². The summed E-state index contributed by atoms with van der Waals surface area (Å²) < 4.78 is 10.5. The van der Waals surface area contributed by atoms with Crippen LogP contribution in [0.3, 0.4) is 0 Å². The van der Waals surface area contributed by atoms with Gasteiger partial charge in [-0.25, -0.2) is 0 Å². The molecule has 2 rings (SSSR count). The monoisotopic (exact) mass is 265 g/mol. The van der Waals surface area contributed by atoms with E-state index < -0.39 is 0 Å². The second-order valence-corrected chi connectivity index (χ2v) is 4.76. The van der Waals surface area contributed by atoms with E-state index in [1.54, 1.807) is 0 Å². The summed E-state index contributed by atoms with van der Waals surface area (Å²) in [6.07, 6.45) is 5.85. The van der Waals surface area contributed by atoms with Gasteiger partial charge in [0.15, 0.2) is 0 Å². The Morgan fingerprint density at radius 2 is 2.28 bits per heavy atom. The summed E-state index contributed by atoms with van der Waals surface area (Å²) in [5.74, 6) is 0. The molecule has 0 aliphatic heterocycles. The fourth-order valence-electron chi connectivity index (χ4n) is 1.94. The molecule has 0 saturated carbocycles. The zero-order valence-electron chi connectivity index (χ0n) is 10.8. The number of nitrogens with zero attached hydrogens (tertiary/aromatic N) is 4. The highest BCUT2D eigenvalue weighted by Gasteiger charge is 2.19. The highest BCUT2D eigenvalue weighted by Crippen LogP contribution is 2.20. The van der Waals surface area contributed by atoms with Crippen LogP contribution >= 0.6 is 11.7 Å². The summed E-state index contributed by atoms with van der Waals surface area (Å²) in [6, 6.07) is 2.15. The van der Waals surface area contributed by atoms with Crippen molar-refractivity contribution in [2.24, 2.45) is 0 Å². The molecule has 0 fully saturated rings. The van der Waals surface area contributed by atoms with Crippen LogP contribution in [-0.4, -0.2) is 25.1 Å². The smallest absolute Gasteiger partial charge is 0.0973 e. The third-order valence-electron chi connectivity index (χ3n) is 2.75. The lowest BCUT2D eigenvalue weighted by Gasteiger charge is -2.17. The van der Waals surface area contributed by atoms with Crippen molar-refractivity contribution >= 4 is 11.7 Å². The van der Waals surface area contributed by atoms with Crippen molar-refractivity contribution in [2.45, 2.75) is 39.3 Å². The van der Waals surface area contributed by atoms with Gasteiger partial charge < -0.3 is 5.32 Å². The summed E-state index contributed by atoms with van der Waals surface area (Å²) in [5, 5.41) is 7.89. The van der Waals surface area contributed by atoms with Crippen LogP contribution in [0.25, 0.3) is 0 Å². The van der Waals surface area contributed by atoms with Crippen LogP contribution in [0.2, 0.25) is 0 Å². The van der Waals surface area contributed by atoms with E-state index in [0.29, 0.717) is 0 Å². The zero-order chi connectivity index (χ0) is 12.8. The van der Waals surface area contributed by atoms with Gasteiger partial charge in [-0.1, -0.05) is 13.8 Å². The van der Waals surface area contributed by atoms with Gasteiger partial charge in [0.2, 0.25) is 0 Å². The number of aryl methyl sites for hydroxylation is 1. The normalized spacial score (nSPS) is 12.8. The molecule has 0 amide bonds. The van der Waals surface area contributed by atoms with E-state index in [1.165, 1.54) is 11.7 Å². The quantitative estimate of drug-likeness (QED) is 0.834. The molecule has 98 valence electrons. The van der Waals surface area contributed by atoms with Crippen molar-refractivity contribution in [1.82, 2.24) is 23.8 Å². The lowest BCUT2D eigenvalue weighted by Crippen LogP contribution is -2.26. The lowest BCUT2D eigenvalue weighted by atomic mass is 10.1. The molecule has 1 N–H and O–H groups in total. The van der Waals surface area contributed by atoms with Crippen LogP contribution in [0.5, 0.6) is 0 Å². The van der Waals surface area contributed by atoms with Gasteiger partial charge >= 0.3 is 0 Å². The summed E-state index contributed by atoms with van der Waals surface area (Å²) >= 11 is 1.25. The second-order valence-electron chi connectivity index (χ2n) is 4.20. The van der Waals surface area contributed by atoms with Crippen LogP contribution in [0, 0.1) is 0 Å². The average molecular weight is 265 g/mol. The number of aromatic nitrogens is 4. The van der Waals surface area contributed by atoms with Gasteiger partial charge in [0.1, 0.15) is 0 Å². The van der Waals surface area contributed by atoms with Gasteiger partial charge in [-0.2, -0.15) is 13.8 Å². The molecule has 0 bridgehead atoms. The maximum atomic E-state index is 4.38. The van der Waals surface area contributed by atoms with Gasteiger partial charge in [-0.05, 0) is 25.5 Å². The van der Waals surface area contributed by atoms with Gasteiger partial charge in [-0.3, -0.25) is 4.68 Å². The zero-order valence-corrected chi connectivity index (χ0v) is 11.7. The predicted octanol–water partition coefficient (Wildman–Crippen LogP) is 2.23. The van der Waals surface area contributed by atoms with E-state index in [2.05, 4.69) is 39.1 Å².